The van der Waals surface area contributed by atoms with Crippen molar-refractivity contribution in [2.75, 3.05) is 0 Å². The molecule has 148 valence electrons. The second-order valence-electron chi connectivity index (χ2n) is 10.0. The highest BCUT2D eigenvalue weighted by Crippen LogP contribution is 2.67. The number of fused-ring (bicyclic) bond motifs is 5. The Labute approximate surface area is 168 Å². The molecule has 3 nitrogen and oxygen atoms in total. The van der Waals surface area contributed by atoms with Crippen molar-refractivity contribution >= 4 is 11.3 Å². The molecule has 0 aromatic carbocycles. The number of nitrogens with zero attached hydrogens (tertiary/aromatic N) is 2. The lowest BCUT2D eigenvalue weighted by Gasteiger charge is -2.58. The predicted octanol–water partition coefficient (Wildman–Crippen LogP) is 6.26. The summed E-state index contributed by atoms with van der Waals surface area (Å²) >= 11 is 0. The van der Waals surface area contributed by atoms with E-state index in [1.165, 1.54) is 43.2 Å². The second kappa shape index (κ2) is 6.30. The van der Waals surface area contributed by atoms with Crippen molar-refractivity contribution in [1.29, 1.82) is 0 Å². The summed E-state index contributed by atoms with van der Waals surface area (Å²) in [5, 5.41) is 13.0. The lowest BCUT2D eigenvalue weighted by Crippen LogP contribution is -2.50. The van der Waals surface area contributed by atoms with Gasteiger partial charge in [0.25, 0.3) is 0 Å². The summed E-state index contributed by atoms with van der Waals surface area (Å²) in [6, 6.07) is 4.31. The molecule has 5 rings (SSSR count). The number of hydrogen-bond acceptors (Lipinski definition) is 3. The van der Waals surface area contributed by atoms with E-state index in [2.05, 4.69) is 55.3 Å². The Morgan fingerprint density at radius 2 is 1.96 bits per heavy atom. The number of pyridine rings is 1. The van der Waals surface area contributed by atoms with E-state index in [-0.39, 0.29) is 0 Å². The Bertz CT molecular complexity index is 883. The monoisotopic (exact) mass is 376 g/mol. The van der Waals surface area contributed by atoms with Crippen LogP contribution in [0.15, 0.2) is 46.9 Å². The van der Waals surface area contributed by atoms with E-state index in [9.17, 15) is 5.21 Å². The van der Waals surface area contributed by atoms with E-state index >= 15 is 0 Å². The summed E-state index contributed by atoms with van der Waals surface area (Å²) in [6.07, 6.45) is 14.8. The van der Waals surface area contributed by atoms with E-state index in [4.69, 9.17) is 0 Å². The van der Waals surface area contributed by atoms with E-state index < -0.39 is 0 Å². The Kier molecular flexibility index (Phi) is 4.08. The van der Waals surface area contributed by atoms with Crippen molar-refractivity contribution in [2.24, 2.45) is 33.7 Å². The van der Waals surface area contributed by atoms with E-state index in [1.807, 2.05) is 6.20 Å². The van der Waals surface area contributed by atoms with E-state index in [1.54, 1.807) is 11.1 Å². The summed E-state index contributed by atoms with van der Waals surface area (Å²) in [5.41, 5.74) is 7.25. The average Bonchev–Trinajstić information content (AvgIpc) is 3.06. The SMILES string of the molecule is CC1=C2CCC3C(CC[C@]4(C)C(c5cccnc5)=CCC34)[C@@]2(C)CC/C1=N\O. The lowest BCUT2D eigenvalue weighted by molar-refractivity contribution is -0.0196. The smallest absolute Gasteiger partial charge is 0.0824 e. The summed E-state index contributed by atoms with van der Waals surface area (Å²) < 4.78 is 0. The molecule has 2 fully saturated rings. The third-order valence-corrected chi connectivity index (χ3v) is 9.11. The van der Waals surface area contributed by atoms with Crippen LogP contribution in [0.3, 0.4) is 0 Å². The van der Waals surface area contributed by atoms with Crippen molar-refractivity contribution in [3.63, 3.8) is 0 Å². The molecular formula is C25H32N2O. The normalized spacial score (nSPS) is 41.3. The van der Waals surface area contributed by atoms with E-state index in [0.29, 0.717) is 10.8 Å². The molecule has 3 unspecified atom stereocenters. The lowest BCUT2D eigenvalue weighted by atomic mass is 9.46. The second-order valence-corrected chi connectivity index (χ2v) is 10.0. The Morgan fingerprint density at radius 1 is 1.11 bits per heavy atom. The first-order valence-electron chi connectivity index (χ1n) is 11.0. The summed E-state index contributed by atoms with van der Waals surface area (Å²) in [5.74, 6) is 2.33. The molecular weight excluding hydrogens is 344 g/mol. The first-order chi connectivity index (χ1) is 13.5. The van der Waals surface area contributed by atoms with Crippen LogP contribution in [0.1, 0.15) is 71.3 Å². The van der Waals surface area contributed by atoms with Crippen LogP contribution in [0.5, 0.6) is 0 Å². The first kappa shape index (κ1) is 18.1. The van der Waals surface area contributed by atoms with Gasteiger partial charge in [0.1, 0.15) is 0 Å². The van der Waals surface area contributed by atoms with Crippen LogP contribution in [-0.2, 0) is 0 Å². The molecule has 4 aliphatic carbocycles. The molecule has 1 aromatic heterocycles. The molecule has 0 bridgehead atoms. The van der Waals surface area contributed by atoms with Gasteiger partial charge in [-0.2, -0.15) is 0 Å². The highest BCUT2D eigenvalue weighted by molar-refractivity contribution is 6.01. The Hall–Kier alpha value is -1.90. The zero-order valence-corrected chi connectivity index (χ0v) is 17.4. The van der Waals surface area contributed by atoms with Crippen molar-refractivity contribution in [3.8, 4) is 0 Å². The molecule has 4 aliphatic rings. The molecule has 2 saturated carbocycles. The van der Waals surface area contributed by atoms with Gasteiger partial charge in [0.15, 0.2) is 0 Å². The zero-order valence-electron chi connectivity index (χ0n) is 17.4. The molecule has 0 saturated heterocycles. The quantitative estimate of drug-likeness (QED) is 0.464. The molecule has 5 atom stereocenters. The molecule has 1 N–H and O–H groups in total. The molecule has 0 spiro atoms. The van der Waals surface area contributed by atoms with Gasteiger partial charge in [0.05, 0.1) is 5.71 Å². The highest BCUT2D eigenvalue weighted by atomic mass is 16.4. The molecule has 1 heterocycles. The van der Waals surface area contributed by atoms with Crippen LogP contribution in [0.4, 0.5) is 0 Å². The Morgan fingerprint density at radius 3 is 2.71 bits per heavy atom. The van der Waals surface area contributed by atoms with Crippen molar-refractivity contribution in [2.45, 2.75) is 65.7 Å². The van der Waals surface area contributed by atoms with Crippen molar-refractivity contribution < 1.29 is 5.21 Å². The van der Waals surface area contributed by atoms with Gasteiger partial charge in [0, 0.05) is 12.4 Å². The molecule has 1 aromatic rings. The minimum Gasteiger partial charge on any atom is -0.411 e. The molecule has 28 heavy (non-hydrogen) atoms. The van der Waals surface area contributed by atoms with Crippen LogP contribution in [-0.4, -0.2) is 15.9 Å². The maximum absolute atomic E-state index is 9.40. The number of allylic oxidation sites excluding steroid dienone is 4. The van der Waals surface area contributed by atoms with Gasteiger partial charge < -0.3 is 5.21 Å². The van der Waals surface area contributed by atoms with Gasteiger partial charge in [-0.05, 0) is 103 Å². The molecule has 0 radical (unpaired) electrons. The Balaban J connectivity index is 1.49. The fourth-order valence-corrected chi connectivity index (χ4v) is 7.66. The maximum Gasteiger partial charge on any atom is 0.0824 e. The van der Waals surface area contributed by atoms with Gasteiger partial charge in [-0.3, -0.25) is 4.98 Å². The average molecular weight is 377 g/mol. The third-order valence-electron chi connectivity index (χ3n) is 9.11. The minimum atomic E-state index is 0.291. The zero-order chi connectivity index (χ0) is 19.5. The summed E-state index contributed by atoms with van der Waals surface area (Å²) in [4.78, 5) is 4.39. The number of hydrogen-bond donors (Lipinski definition) is 1. The summed E-state index contributed by atoms with van der Waals surface area (Å²) in [6.45, 7) is 7.23. The van der Waals surface area contributed by atoms with Crippen LogP contribution in [0.2, 0.25) is 0 Å². The molecule has 0 amide bonds. The fraction of sp³-hybridized carbons (Fsp3) is 0.600. The highest BCUT2D eigenvalue weighted by Gasteiger charge is 2.57. The topological polar surface area (TPSA) is 45.5 Å². The number of rotatable bonds is 1. The van der Waals surface area contributed by atoms with Crippen LogP contribution in [0.25, 0.3) is 5.57 Å². The number of oxime groups is 1. The number of aromatic nitrogens is 1. The fourth-order valence-electron chi connectivity index (χ4n) is 7.66. The van der Waals surface area contributed by atoms with Crippen LogP contribution < -0.4 is 0 Å². The molecule has 0 aliphatic heterocycles. The van der Waals surface area contributed by atoms with Gasteiger partial charge in [-0.15, -0.1) is 0 Å². The maximum atomic E-state index is 9.40. The van der Waals surface area contributed by atoms with Crippen molar-refractivity contribution in [3.05, 3.63) is 47.3 Å². The standard InChI is InChI=1S/C25H32N2O/c1-16-19-7-6-18-21-9-8-20(17-5-4-14-26-15-17)25(21,3)12-10-22(18)24(19,2)13-11-23(16)27-28/h4-5,8,14-15,18,21-22,28H,6-7,9-13H2,1-3H3/b27-23+/t18?,21?,22?,24-,25+/m0/s1. The van der Waals surface area contributed by atoms with Gasteiger partial charge >= 0.3 is 0 Å². The van der Waals surface area contributed by atoms with Crippen molar-refractivity contribution in [1.82, 2.24) is 4.98 Å². The van der Waals surface area contributed by atoms with Crippen LogP contribution in [0, 0.1) is 28.6 Å². The largest absolute Gasteiger partial charge is 0.411 e. The third kappa shape index (κ3) is 2.34. The summed E-state index contributed by atoms with van der Waals surface area (Å²) in [7, 11) is 0. The first-order valence-corrected chi connectivity index (χ1v) is 11.0. The van der Waals surface area contributed by atoms with Gasteiger partial charge in [-0.1, -0.05) is 36.7 Å². The minimum absolute atomic E-state index is 0.291. The predicted molar refractivity (Wildman–Crippen MR) is 113 cm³/mol. The molecule has 3 heteroatoms. The van der Waals surface area contributed by atoms with Crippen LogP contribution >= 0.6 is 0 Å². The van der Waals surface area contributed by atoms with E-state index in [0.717, 1.165) is 36.3 Å². The van der Waals surface area contributed by atoms with Gasteiger partial charge in [-0.25, -0.2) is 0 Å². The van der Waals surface area contributed by atoms with Gasteiger partial charge in [0.2, 0.25) is 0 Å².